The Labute approximate surface area is 106 Å². The fourth-order valence-corrected chi connectivity index (χ4v) is 1.81. The standard InChI is InChI=1S/C14H16N2O2/c1-9-5-4-6-11(10(9)2)14(17)12-7-8-13(18-3)16-15-12/h4-8,14,17H,1-3H3. The van der Waals surface area contributed by atoms with Crippen LogP contribution in [0.4, 0.5) is 0 Å². The first kappa shape index (κ1) is 12.5. The number of ether oxygens (including phenoxy) is 1. The zero-order valence-corrected chi connectivity index (χ0v) is 10.7. The van der Waals surface area contributed by atoms with Gasteiger partial charge in [0.25, 0.3) is 0 Å². The summed E-state index contributed by atoms with van der Waals surface area (Å²) in [5.41, 5.74) is 3.59. The number of rotatable bonds is 3. The van der Waals surface area contributed by atoms with E-state index >= 15 is 0 Å². The maximum Gasteiger partial charge on any atom is 0.233 e. The molecular weight excluding hydrogens is 228 g/mol. The lowest BCUT2D eigenvalue weighted by Gasteiger charge is -2.14. The normalized spacial score (nSPS) is 12.2. The molecule has 0 aliphatic rings. The minimum atomic E-state index is -0.761. The maximum absolute atomic E-state index is 10.3. The highest BCUT2D eigenvalue weighted by Gasteiger charge is 2.15. The molecule has 1 aromatic carbocycles. The van der Waals surface area contributed by atoms with Gasteiger partial charge in [-0.1, -0.05) is 18.2 Å². The summed E-state index contributed by atoms with van der Waals surface area (Å²) in [7, 11) is 1.53. The van der Waals surface area contributed by atoms with Crippen LogP contribution in [-0.4, -0.2) is 22.4 Å². The van der Waals surface area contributed by atoms with Gasteiger partial charge in [0.05, 0.1) is 12.8 Å². The van der Waals surface area contributed by atoms with Crippen LogP contribution >= 0.6 is 0 Å². The first-order chi connectivity index (χ1) is 8.63. The van der Waals surface area contributed by atoms with Crippen LogP contribution in [0.15, 0.2) is 30.3 Å². The molecule has 2 aromatic rings. The zero-order valence-electron chi connectivity index (χ0n) is 10.7. The fourth-order valence-electron chi connectivity index (χ4n) is 1.81. The van der Waals surface area contributed by atoms with E-state index in [9.17, 15) is 5.11 Å². The molecule has 2 rings (SSSR count). The predicted molar refractivity (Wildman–Crippen MR) is 68.6 cm³/mol. The molecule has 18 heavy (non-hydrogen) atoms. The van der Waals surface area contributed by atoms with E-state index in [0.717, 1.165) is 16.7 Å². The molecule has 1 aromatic heterocycles. The van der Waals surface area contributed by atoms with E-state index < -0.39 is 6.10 Å². The first-order valence-electron chi connectivity index (χ1n) is 5.75. The summed E-state index contributed by atoms with van der Waals surface area (Å²) in [5.74, 6) is 0.437. The van der Waals surface area contributed by atoms with E-state index in [1.54, 1.807) is 12.1 Å². The quantitative estimate of drug-likeness (QED) is 0.899. The second kappa shape index (κ2) is 5.14. The van der Waals surface area contributed by atoms with Crippen LogP contribution in [0.5, 0.6) is 5.88 Å². The van der Waals surface area contributed by atoms with Crippen molar-refractivity contribution in [3.63, 3.8) is 0 Å². The Kier molecular flexibility index (Phi) is 3.58. The van der Waals surface area contributed by atoms with E-state index in [1.165, 1.54) is 7.11 Å². The number of nitrogens with zero attached hydrogens (tertiary/aromatic N) is 2. The SMILES string of the molecule is COc1ccc(C(O)c2cccc(C)c2C)nn1. The van der Waals surface area contributed by atoms with E-state index in [1.807, 2.05) is 32.0 Å². The van der Waals surface area contributed by atoms with Gasteiger partial charge in [0.2, 0.25) is 5.88 Å². The average Bonchev–Trinajstić information content (AvgIpc) is 2.41. The Bertz CT molecular complexity index is 538. The smallest absolute Gasteiger partial charge is 0.233 e. The van der Waals surface area contributed by atoms with Crippen LogP contribution < -0.4 is 4.74 Å². The van der Waals surface area contributed by atoms with Gasteiger partial charge in [-0.3, -0.25) is 0 Å². The third kappa shape index (κ3) is 2.33. The molecule has 0 saturated carbocycles. The molecule has 4 heteroatoms. The molecule has 1 unspecified atom stereocenters. The Morgan fingerprint density at radius 3 is 2.50 bits per heavy atom. The van der Waals surface area contributed by atoms with E-state index in [4.69, 9.17) is 4.74 Å². The van der Waals surface area contributed by atoms with Crippen molar-refractivity contribution in [2.75, 3.05) is 7.11 Å². The van der Waals surface area contributed by atoms with E-state index in [0.29, 0.717) is 11.6 Å². The van der Waals surface area contributed by atoms with Crippen LogP contribution in [0.3, 0.4) is 0 Å². The van der Waals surface area contributed by atoms with Gasteiger partial charge in [0.1, 0.15) is 6.10 Å². The van der Waals surface area contributed by atoms with Crippen LogP contribution in [0.25, 0.3) is 0 Å². The summed E-state index contributed by atoms with van der Waals surface area (Å²) in [6.45, 7) is 4.01. The number of hydrogen-bond donors (Lipinski definition) is 1. The molecule has 1 heterocycles. The number of aryl methyl sites for hydroxylation is 1. The molecule has 4 nitrogen and oxygen atoms in total. The molecule has 0 fully saturated rings. The molecular formula is C14H16N2O2. The van der Waals surface area contributed by atoms with Gasteiger partial charge in [0, 0.05) is 6.07 Å². The Morgan fingerprint density at radius 1 is 1.11 bits per heavy atom. The zero-order chi connectivity index (χ0) is 13.1. The number of benzene rings is 1. The van der Waals surface area contributed by atoms with Crippen LogP contribution in [0.2, 0.25) is 0 Å². The second-order valence-electron chi connectivity index (χ2n) is 4.19. The monoisotopic (exact) mass is 244 g/mol. The number of aromatic nitrogens is 2. The van der Waals surface area contributed by atoms with Crippen molar-refractivity contribution in [2.24, 2.45) is 0 Å². The van der Waals surface area contributed by atoms with Crippen molar-refractivity contribution < 1.29 is 9.84 Å². The molecule has 94 valence electrons. The Hall–Kier alpha value is -1.94. The molecule has 0 saturated heterocycles. The minimum Gasteiger partial charge on any atom is -0.480 e. The second-order valence-corrected chi connectivity index (χ2v) is 4.19. The van der Waals surface area contributed by atoms with Gasteiger partial charge in [-0.2, -0.15) is 0 Å². The van der Waals surface area contributed by atoms with Crippen molar-refractivity contribution in [3.8, 4) is 5.88 Å². The third-order valence-corrected chi connectivity index (χ3v) is 3.09. The molecule has 0 spiro atoms. The van der Waals surface area contributed by atoms with Gasteiger partial charge in [-0.15, -0.1) is 10.2 Å². The van der Waals surface area contributed by atoms with Crippen LogP contribution in [-0.2, 0) is 0 Å². The van der Waals surface area contributed by atoms with Crippen molar-refractivity contribution >= 4 is 0 Å². The molecule has 1 atom stereocenters. The molecule has 0 radical (unpaired) electrons. The molecule has 1 N–H and O–H groups in total. The van der Waals surface area contributed by atoms with Crippen molar-refractivity contribution in [1.82, 2.24) is 10.2 Å². The minimum absolute atomic E-state index is 0.437. The van der Waals surface area contributed by atoms with Gasteiger partial charge in [0.15, 0.2) is 0 Å². The third-order valence-electron chi connectivity index (χ3n) is 3.09. The van der Waals surface area contributed by atoms with E-state index in [-0.39, 0.29) is 0 Å². The lowest BCUT2D eigenvalue weighted by Crippen LogP contribution is -2.06. The van der Waals surface area contributed by atoms with Crippen molar-refractivity contribution in [1.29, 1.82) is 0 Å². The highest BCUT2D eigenvalue weighted by atomic mass is 16.5. The van der Waals surface area contributed by atoms with Gasteiger partial charge >= 0.3 is 0 Å². The van der Waals surface area contributed by atoms with Crippen LogP contribution in [0, 0.1) is 13.8 Å². The highest BCUT2D eigenvalue weighted by molar-refractivity contribution is 5.37. The molecule has 0 aliphatic carbocycles. The van der Waals surface area contributed by atoms with Gasteiger partial charge in [-0.05, 0) is 36.6 Å². The first-order valence-corrected chi connectivity index (χ1v) is 5.75. The predicted octanol–water partition coefficient (Wildman–Crippen LogP) is 2.18. The lowest BCUT2D eigenvalue weighted by molar-refractivity contribution is 0.212. The van der Waals surface area contributed by atoms with Crippen molar-refractivity contribution in [2.45, 2.75) is 20.0 Å². The summed E-state index contributed by atoms with van der Waals surface area (Å²) in [6.07, 6.45) is -0.761. The van der Waals surface area contributed by atoms with Crippen LogP contribution in [0.1, 0.15) is 28.5 Å². The molecule has 0 bridgehead atoms. The highest BCUT2D eigenvalue weighted by Crippen LogP contribution is 2.25. The number of methoxy groups -OCH3 is 1. The Balaban J connectivity index is 2.35. The summed E-state index contributed by atoms with van der Waals surface area (Å²) in [6, 6.07) is 9.26. The summed E-state index contributed by atoms with van der Waals surface area (Å²) < 4.78 is 4.94. The number of aliphatic hydroxyl groups is 1. The van der Waals surface area contributed by atoms with Gasteiger partial charge < -0.3 is 9.84 Å². The van der Waals surface area contributed by atoms with Crippen molar-refractivity contribution in [3.05, 3.63) is 52.7 Å². The number of hydrogen-bond acceptors (Lipinski definition) is 4. The van der Waals surface area contributed by atoms with Gasteiger partial charge in [-0.25, -0.2) is 0 Å². The largest absolute Gasteiger partial charge is 0.480 e. The topological polar surface area (TPSA) is 55.2 Å². The summed E-state index contributed by atoms with van der Waals surface area (Å²) in [5, 5.41) is 18.2. The fraction of sp³-hybridized carbons (Fsp3) is 0.286. The summed E-state index contributed by atoms with van der Waals surface area (Å²) >= 11 is 0. The molecule has 0 aliphatic heterocycles. The summed E-state index contributed by atoms with van der Waals surface area (Å²) in [4.78, 5) is 0. The lowest BCUT2D eigenvalue weighted by atomic mass is 9.97. The van der Waals surface area contributed by atoms with E-state index in [2.05, 4.69) is 10.2 Å². The molecule has 0 amide bonds. The number of aliphatic hydroxyl groups excluding tert-OH is 1. The maximum atomic E-state index is 10.3. The average molecular weight is 244 g/mol. The Morgan fingerprint density at radius 2 is 1.89 bits per heavy atom.